The van der Waals surface area contributed by atoms with E-state index in [1.807, 2.05) is 37.2 Å². The highest BCUT2D eigenvalue weighted by Crippen LogP contribution is 1.99. The minimum absolute atomic E-state index is 0.369. The fourth-order valence-electron chi connectivity index (χ4n) is 1.16. The van der Waals surface area contributed by atoms with Crippen LogP contribution in [0.5, 0.6) is 0 Å². The average molecular weight is 234 g/mol. The largest absolute Gasteiger partial charge is 0.366 e. The highest BCUT2D eigenvalue weighted by Gasteiger charge is 2.04. The molecular formula is C13H18N2O2. The van der Waals surface area contributed by atoms with Crippen LogP contribution in [0.15, 0.2) is 42.5 Å². The van der Waals surface area contributed by atoms with E-state index in [9.17, 15) is 4.79 Å². The molecule has 4 heteroatoms. The third-order valence-electron chi connectivity index (χ3n) is 2.01. The zero-order valence-corrected chi connectivity index (χ0v) is 10.2. The van der Waals surface area contributed by atoms with Crippen LogP contribution in [0, 0.1) is 0 Å². The Morgan fingerprint density at radius 2 is 2.00 bits per heavy atom. The van der Waals surface area contributed by atoms with Crippen LogP contribution < -0.4 is 5.48 Å². The molecule has 0 saturated heterocycles. The molecule has 0 unspecified atom stereocenters. The predicted octanol–water partition coefficient (Wildman–Crippen LogP) is 1.47. The van der Waals surface area contributed by atoms with Crippen molar-refractivity contribution in [2.75, 3.05) is 27.2 Å². The molecule has 0 amide bonds. The Morgan fingerprint density at radius 3 is 2.65 bits per heavy atom. The third-order valence-corrected chi connectivity index (χ3v) is 2.01. The molecule has 0 radical (unpaired) electrons. The molecule has 1 N–H and O–H groups in total. The van der Waals surface area contributed by atoms with Crippen molar-refractivity contribution in [1.29, 1.82) is 0 Å². The minimum Gasteiger partial charge on any atom is -0.366 e. The Hall–Kier alpha value is -1.65. The fourth-order valence-corrected chi connectivity index (χ4v) is 1.16. The highest BCUT2D eigenvalue weighted by molar-refractivity contribution is 5.89. The number of hydrogen-bond donors (Lipinski definition) is 1. The molecule has 0 heterocycles. The first-order valence-electron chi connectivity index (χ1n) is 5.49. The molecule has 1 aromatic rings. The molecule has 1 rings (SSSR count). The van der Waals surface area contributed by atoms with Crippen LogP contribution in [0.1, 0.15) is 10.4 Å². The zero-order valence-electron chi connectivity index (χ0n) is 10.2. The summed E-state index contributed by atoms with van der Waals surface area (Å²) in [6.45, 7) is 1.38. The number of nitrogens with one attached hydrogen (secondary N) is 1. The van der Waals surface area contributed by atoms with Gasteiger partial charge in [-0.05, 0) is 26.2 Å². The first-order valence-corrected chi connectivity index (χ1v) is 5.49. The molecule has 0 spiro atoms. The summed E-state index contributed by atoms with van der Waals surface area (Å²) in [4.78, 5) is 18.4. The lowest BCUT2D eigenvalue weighted by molar-refractivity contribution is 0.0279. The van der Waals surface area contributed by atoms with E-state index in [0.29, 0.717) is 12.1 Å². The first-order chi connectivity index (χ1) is 8.20. The van der Waals surface area contributed by atoms with Gasteiger partial charge in [0, 0.05) is 13.1 Å². The van der Waals surface area contributed by atoms with Gasteiger partial charge >= 0.3 is 5.97 Å². The summed E-state index contributed by atoms with van der Waals surface area (Å²) in [7, 11) is 3.99. The van der Waals surface area contributed by atoms with Gasteiger partial charge in [-0.15, -0.1) is 5.48 Å². The lowest BCUT2D eigenvalue weighted by Crippen LogP contribution is -2.20. The summed E-state index contributed by atoms with van der Waals surface area (Å²) in [5, 5.41) is 0. The Balaban J connectivity index is 2.19. The van der Waals surface area contributed by atoms with Gasteiger partial charge in [0.1, 0.15) is 0 Å². The summed E-state index contributed by atoms with van der Waals surface area (Å²) in [5.74, 6) is -0.369. The molecular weight excluding hydrogens is 216 g/mol. The second-order valence-electron chi connectivity index (χ2n) is 3.84. The van der Waals surface area contributed by atoms with Crippen molar-refractivity contribution in [2.45, 2.75) is 0 Å². The van der Waals surface area contributed by atoms with Gasteiger partial charge in [-0.25, -0.2) is 4.79 Å². The van der Waals surface area contributed by atoms with Crippen LogP contribution >= 0.6 is 0 Å². The molecule has 0 aromatic heterocycles. The van der Waals surface area contributed by atoms with E-state index in [1.165, 1.54) is 0 Å². The maximum absolute atomic E-state index is 11.5. The van der Waals surface area contributed by atoms with E-state index in [4.69, 9.17) is 4.84 Å². The highest BCUT2D eigenvalue weighted by atomic mass is 16.7. The predicted molar refractivity (Wildman–Crippen MR) is 67.6 cm³/mol. The van der Waals surface area contributed by atoms with E-state index < -0.39 is 0 Å². The molecule has 0 fully saturated rings. The topological polar surface area (TPSA) is 41.6 Å². The average Bonchev–Trinajstić information content (AvgIpc) is 2.34. The molecule has 0 aliphatic rings. The first kappa shape index (κ1) is 13.4. The maximum Gasteiger partial charge on any atom is 0.356 e. The molecule has 0 bridgehead atoms. The normalized spacial score (nSPS) is 11.0. The monoisotopic (exact) mass is 234 g/mol. The zero-order chi connectivity index (χ0) is 12.5. The number of nitrogens with zero attached hydrogens (tertiary/aromatic N) is 1. The van der Waals surface area contributed by atoms with Crippen molar-refractivity contribution >= 4 is 5.97 Å². The van der Waals surface area contributed by atoms with Gasteiger partial charge in [-0.2, -0.15) is 0 Å². The molecule has 4 nitrogen and oxygen atoms in total. The van der Waals surface area contributed by atoms with Crippen molar-refractivity contribution in [3.8, 4) is 0 Å². The lowest BCUT2D eigenvalue weighted by atomic mass is 10.2. The van der Waals surface area contributed by atoms with Gasteiger partial charge in [0.15, 0.2) is 0 Å². The van der Waals surface area contributed by atoms with Crippen molar-refractivity contribution in [1.82, 2.24) is 10.4 Å². The van der Waals surface area contributed by atoms with E-state index in [0.717, 1.165) is 6.54 Å². The number of carbonyl (C=O) groups is 1. The van der Waals surface area contributed by atoms with Crippen LogP contribution in [-0.2, 0) is 4.84 Å². The minimum atomic E-state index is -0.369. The molecule has 92 valence electrons. The van der Waals surface area contributed by atoms with E-state index in [-0.39, 0.29) is 5.97 Å². The number of rotatable bonds is 6. The smallest absolute Gasteiger partial charge is 0.356 e. The van der Waals surface area contributed by atoms with Crippen molar-refractivity contribution < 1.29 is 9.63 Å². The SMILES string of the molecule is CN(C)CC=CCNOC(=O)c1ccccc1. The van der Waals surface area contributed by atoms with Gasteiger partial charge in [-0.1, -0.05) is 30.4 Å². The van der Waals surface area contributed by atoms with Crippen LogP contribution in [0.25, 0.3) is 0 Å². The van der Waals surface area contributed by atoms with Crippen LogP contribution in [0.4, 0.5) is 0 Å². The standard InChI is InChI=1S/C13H18N2O2/c1-15(2)11-7-6-10-14-17-13(16)12-8-4-3-5-9-12/h3-9,14H,10-11H2,1-2H3. The Labute approximate surface area is 102 Å². The molecule has 17 heavy (non-hydrogen) atoms. The number of hydrogen-bond acceptors (Lipinski definition) is 4. The Kier molecular flexibility index (Phi) is 5.99. The van der Waals surface area contributed by atoms with Crippen LogP contribution in [0.3, 0.4) is 0 Å². The lowest BCUT2D eigenvalue weighted by Gasteiger charge is -2.05. The summed E-state index contributed by atoms with van der Waals surface area (Å²) in [5.41, 5.74) is 3.14. The number of likely N-dealkylation sites (N-methyl/N-ethyl adjacent to an activating group) is 1. The molecule has 0 saturated carbocycles. The maximum atomic E-state index is 11.5. The van der Waals surface area contributed by atoms with Crippen molar-refractivity contribution in [3.05, 3.63) is 48.0 Å². The number of carbonyl (C=O) groups excluding carboxylic acids is 1. The van der Waals surface area contributed by atoms with Gasteiger partial charge in [0.2, 0.25) is 0 Å². The fraction of sp³-hybridized carbons (Fsp3) is 0.308. The summed E-state index contributed by atoms with van der Waals surface area (Å²) >= 11 is 0. The van der Waals surface area contributed by atoms with E-state index >= 15 is 0 Å². The molecule has 1 aromatic carbocycles. The van der Waals surface area contributed by atoms with E-state index in [2.05, 4.69) is 5.48 Å². The van der Waals surface area contributed by atoms with Crippen molar-refractivity contribution in [3.63, 3.8) is 0 Å². The van der Waals surface area contributed by atoms with Crippen molar-refractivity contribution in [2.24, 2.45) is 0 Å². The number of benzene rings is 1. The third kappa shape index (κ3) is 5.85. The summed E-state index contributed by atoms with van der Waals surface area (Å²) < 4.78 is 0. The van der Waals surface area contributed by atoms with E-state index in [1.54, 1.807) is 24.3 Å². The summed E-state index contributed by atoms with van der Waals surface area (Å²) in [6.07, 6.45) is 3.92. The second kappa shape index (κ2) is 7.60. The van der Waals surface area contributed by atoms with Gasteiger partial charge < -0.3 is 9.74 Å². The van der Waals surface area contributed by atoms with Gasteiger partial charge in [-0.3, -0.25) is 0 Å². The number of hydroxylamine groups is 1. The second-order valence-corrected chi connectivity index (χ2v) is 3.84. The van der Waals surface area contributed by atoms with Crippen LogP contribution in [-0.4, -0.2) is 38.1 Å². The molecule has 0 aliphatic carbocycles. The molecule has 0 aliphatic heterocycles. The Bertz CT molecular complexity index is 361. The molecule has 0 atom stereocenters. The quantitative estimate of drug-likeness (QED) is 0.460. The van der Waals surface area contributed by atoms with Gasteiger partial charge in [0.25, 0.3) is 0 Å². The van der Waals surface area contributed by atoms with Gasteiger partial charge in [0.05, 0.1) is 5.56 Å². The van der Waals surface area contributed by atoms with Crippen LogP contribution in [0.2, 0.25) is 0 Å². The summed E-state index contributed by atoms with van der Waals surface area (Å²) in [6, 6.07) is 8.88. The Morgan fingerprint density at radius 1 is 1.29 bits per heavy atom.